The van der Waals surface area contributed by atoms with Crippen molar-refractivity contribution < 1.29 is 0 Å². The van der Waals surface area contributed by atoms with Gasteiger partial charge >= 0.3 is 0 Å². The lowest BCUT2D eigenvalue weighted by atomic mass is 9.67. The fourth-order valence-electron chi connectivity index (χ4n) is 2.89. The second kappa shape index (κ2) is 4.48. The fraction of sp³-hybridized carbons (Fsp3) is 1.00. The maximum absolute atomic E-state index is 2.47. The van der Waals surface area contributed by atoms with Crippen molar-refractivity contribution >= 4 is 0 Å². The first-order chi connectivity index (χ1) is 6.02. The molecule has 1 fully saturated rings. The number of hydrogen-bond donors (Lipinski definition) is 0. The Morgan fingerprint density at radius 2 is 1.62 bits per heavy atom. The molecule has 1 aliphatic carbocycles. The van der Waals surface area contributed by atoms with Crippen LogP contribution in [0.2, 0.25) is 0 Å². The number of hydrogen-bond acceptors (Lipinski definition) is 0. The summed E-state index contributed by atoms with van der Waals surface area (Å²) in [6, 6.07) is 0. The lowest BCUT2D eigenvalue weighted by Gasteiger charge is -2.39. The second-order valence-corrected chi connectivity index (χ2v) is 5.66. The zero-order valence-electron chi connectivity index (χ0n) is 10.0. The van der Waals surface area contributed by atoms with E-state index in [9.17, 15) is 0 Å². The monoisotopic (exact) mass is 182 g/mol. The molecule has 78 valence electrons. The minimum absolute atomic E-state index is 0.882. The highest BCUT2D eigenvalue weighted by molar-refractivity contribution is 4.81. The Balaban J connectivity index is 2.48. The molecule has 0 aromatic heterocycles. The molecule has 0 heterocycles. The van der Waals surface area contributed by atoms with Crippen LogP contribution in [-0.2, 0) is 0 Å². The first-order valence-electron chi connectivity index (χ1n) is 6.02. The van der Waals surface area contributed by atoms with Gasteiger partial charge in [-0.1, -0.05) is 41.0 Å². The summed E-state index contributed by atoms with van der Waals surface area (Å²) in [5.74, 6) is 4.74. The van der Waals surface area contributed by atoms with E-state index in [4.69, 9.17) is 0 Å². The highest BCUT2D eigenvalue weighted by Crippen LogP contribution is 2.40. The molecule has 0 radical (unpaired) electrons. The van der Waals surface area contributed by atoms with Crippen molar-refractivity contribution in [2.75, 3.05) is 0 Å². The van der Waals surface area contributed by atoms with E-state index in [1.54, 1.807) is 0 Å². The summed E-state index contributed by atoms with van der Waals surface area (Å²) in [6.07, 6.45) is 4.38. The van der Waals surface area contributed by atoms with Crippen LogP contribution in [0.3, 0.4) is 0 Å². The van der Waals surface area contributed by atoms with Gasteiger partial charge in [0.25, 0.3) is 0 Å². The normalized spacial score (nSPS) is 41.1. The highest BCUT2D eigenvalue weighted by atomic mass is 14.4. The van der Waals surface area contributed by atoms with Crippen LogP contribution in [0.15, 0.2) is 0 Å². The van der Waals surface area contributed by atoms with Gasteiger partial charge in [-0.05, 0) is 42.4 Å². The standard InChI is InChI=1S/C13H26/c1-9(2)8-13-7-6-10(3)11(4)12(13)5/h9-13H,6-8H2,1-5H3. The Morgan fingerprint density at radius 1 is 1.00 bits per heavy atom. The molecule has 1 rings (SSSR count). The van der Waals surface area contributed by atoms with Crippen molar-refractivity contribution in [3.05, 3.63) is 0 Å². The molecule has 0 spiro atoms. The fourth-order valence-corrected chi connectivity index (χ4v) is 2.89. The maximum atomic E-state index is 2.47. The molecule has 0 bridgehead atoms. The summed E-state index contributed by atoms with van der Waals surface area (Å²) >= 11 is 0. The quantitative estimate of drug-likeness (QED) is 0.595. The maximum Gasteiger partial charge on any atom is -0.0383 e. The van der Waals surface area contributed by atoms with Gasteiger partial charge in [-0.2, -0.15) is 0 Å². The van der Waals surface area contributed by atoms with Gasteiger partial charge in [-0.25, -0.2) is 0 Å². The Hall–Kier alpha value is 0. The Bertz CT molecular complexity index is 148. The van der Waals surface area contributed by atoms with Crippen LogP contribution in [0.1, 0.15) is 53.9 Å². The molecular weight excluding hydrogens is 156 g/mol. The first-order valence-corrected chi connectivity index (χ1v) is 6.02. The Morgan fingerprint density at radius 3 is 2.15 bits per heavy atom. The molecule has 1 saturated carbocycles. The van der Waals surface area contributed by atoms with Gasteiger partial charge in [-0.15, -0.1) is 0 Å². The molecule has 1 aliphatic rings. The highest BCUT2D eigenvalue weighted by Gasteiger charge is 2.31. The molecular formula is C13H26. The third-order valence-corrected chi connectivity index (χ3v) is 4.24. The molecule has 4 atom stereocenters. The van der Waals surface area contributed by atoms with E-state index in [1.165, 1.54) is 19.3 Å². The van der Waals surface area contributed by atoms with E-state index in [0.717, 1.165) is 29.6 Å². The van der Waals surface area contributed by atoms with Gasteiger partial charge in [0.2, 0.25) is 0 Å². The van der Waals surface area contributed by atoms with Crippen molar-refractivity contribution in [3.63, 3.8) is 0 Å². The van der Waals surface area contributed by atoms with Crippen molar-refractivity contribution in [2.24, 2.45) is 29.6 Å². The third kappa shape index (κ3) is 2.72. The van der Waals surface area contributed by atoms with E-state index in [2.05, 4.69) is 34.6 Å². The van der Waals surface area contributed by atoms with Crippen molar-refractivity contribution in [3.8, 4) is 0 Å². The molecule has 13 heavy (non-hydrogen) atoms. The van der Waals surface area contributed by atoms with Crippen molar-refractivity contribution in [1.29, 1.82) is 0 Å². The largest absolute Gasteiger partial charge is 0.0628 e. The zero-order chi connectivity index (χ0) is 10.0. The molecule has 0 saturated heterocycles. The van der Waals surface area contributed by atoms with E-state index in [0.29, 0.717) is 0 Å². The Kier molecular flexibility index (Phi) is 3.82. The molecule has 0 nitrogen and oxygen atoms in total. The molecule has 0 amide bonds. The van der Waals surface area contributed by atoms with Crippen LogP contribution < -0.4 is 0 Å². The predicted molar refractivity (Wildman–Crippen MR) is 59.7 cm³/mol. The van der Waals surface area contributed by atoms with E-state index in [-0.39, 0.29) is 0 Å². The zero-order valence-corrected chi connectivity index (χ0v) is 10.0. The summed E-state index contributed by atoms with van der Waals surface area (Å²) < 4.78 is 0. The van der Waals surface area contributed by atoms with Gasteiger partial charge in [0.15, 0.2) is 0 Å². The average Bonchev–Trinajstić information content (AvgIpc) is 2.06. The van der Waals surface area contributed by atoms with Crippen LogP contribution in [-0.4, -0.2) is 0 Å². The lowest BCUT2D eigenvalue weighted by Crippen LogP contribution is -2.30. The summed E-state index contributed by atoms with van der Waals surface area (Å²) in [6.45, 7) is 12.0. The van der Waals surface area contributed by atoms with Gasteiger partial charge in [0.05, 0.1) is 0 Å². The van der Waals surface area contributed by atoms with Crippen LogP contribution in [0, 0.1) is 29.6 Å². The molecule has 0 aliphatic heterocycles. The third-order valence-electron chi connectivity index (χ3n) is 4.24. The number of rotatable bonds is 2. The second-order valence-electron chi connectivity index (χ2n) is 5.66. The van der Waals surface area contributed by atoms with Crippen molar-refractivity contribution in [2.45, 2.75) is 53.9 Å². The summed E-state index contributed by atoms with van der Waals surface area (Å²) in [5, 5.41) is 0. The summed E-state index contributed by atoms with van der Waals surface area (Å²) in [5.41, 5.74) is 0. The van der Waals surface area contributed by atoms with Crippen LogP contribution >= 0.6 is 0 Å². The topological polar surface area (TPSA) is 0 Å². The molecule has 0 N–H and O–H groups in total. The van der Waals surface area contributed by atoms with Gasteiger partial charge in [0.1, 0.15) is 0 Å². The Labute approximate surface area is 84.1 Å². The summed E-state index contributed by atoms with van der Waals surface area (Å²) in [7, 11) is 0. The van der Waals surface area contributed by atoms with Gasteiger partial charge < -0.3 is 0 Å². The van der Waals surface area contributed by atoms with E-state index in [1.807, 2.05) is 0 Å². The van der Waals surface area contributed by atoms with Gasteiger partial charge in [-0.3, -0.25) is 0 Å². The van der Waals surface area contributed by atoms with Crippen LogP contribution in [0.4, 0.5) is 0 Å². The minimum atomic E-state index is 0.882. The predicted octanol–water partition coefficient (Wildman–Crippen LogP) is 4.35. The van der Waals surface area contributed by atoms with Crippen LogP contribution in [0.5, 0.6) is 0 Å². The SMILES string of the molecule is CC(C)CC1CCC(C)C(C)C1C. The van der Waals surface area contributed by atoms with E-state index >= 15 is 0 Å². The average molecular weight is 182 g/mol. The van der Waals surface area contributed by atoms with Crippen molar-refractivity contribution in [1.82, 2.24) is 0 Å². The van der Waals surface area contributed by atoms with Crippen LogP contribution in [0.25, 0.3) is 0 Å². The first kappa shape index (κ1) is 11.1. The molecule has 0 heteroatoms. The minimum Gasteiger partial charge on any atom is -0.0628 e. The van der Waals surface area contributed by atoms with E-state index < -0.39 is 0 Å². The molecule has 0 aromatic rings. The van der Waals surface area contributed by atoms with Gasteiger partial charge in [0, 0.05) is 0 Å². The smallest absolute Gasteiger partial charge is 0.0383 e. The summed E-state index contributed by atoms with van der Waals surface area (Å²) in [4.78, 5) is 0. The molecule has 0 aromatic carbocycles. The lowest BCUT2D eigenvalue weighted by molar-refractivity contribution is 0.110. The molecule has 4 unspecified atom stereocenters.